The summed E-state index contributed by atoms with van der Waals surface area (Å²) in [4.78, 5) is 19.6. The second kappa shape index (κ2) is 9.90. The van der Waals surface area contributed by atoms with Crippen LogP contribution in [-0.2, 0) is 6.54 Å². The van der Waals surface area contributed by atoms with Gasteiger partial charge in [0.1, 0.15) is 5.65 Å². The van der Waals surface area contributed by atoms with Crippen molar-refractivity contribution in [3.63, 3.8) is 0 Å². The molecule has 0 radical (unpaired) electrons. The smallest absolute Gasteiger partial charge is 0.254 e. The van der Waals surface area contributed by atoms with Gasteiger partial charge < -0.3 is 14.6 Å². The van der Waals surface area contributed by atoms with Crippen LogP contribution in [0.15, 0.2) is 72.1 Å². The average Bonchev–Trinajstić information content (AvgIpc) is 3.83. The second-order valence-electron chi connectivity index (χ2n) is 9.85. The van der Waals surface area contributed by atoms with Crippen molar-refractivity contribution in [3.05, 3.63) is 88.9 Å². The van der Waals surface area contributed by atoms with E-state index in [1.807, 2.05) is 7.05 Å². The first-order valence-corrected chi connectivity index (χ1v) is 12.5. The van der Waals surface area contributed by atoms with Gasteiger partial charge in [0, 0.05) is 44.1 Å². The first-order valence-electron chi connectivity index (χ1n) is 12.5. The molecule has 0 bridgehead atoms. The number of hydrogen-bond donors (Lipinski definition) is 1. The largest absolute Gasteiger partial charge is 0.351 e. The number of carbonyl (C=O) groups is 1. The maximum Gasteiger partial charge on any atom is 0.254 e. The van der Waals surface area contributed by atoms with Gasteiger partial charge in [-0.3, -0.25) is 9.48 Å². The fourth-order valence-electron chi connectivity index (χ4n) is 4.62. The molecule has 3 aromatic heterocycles. The summed E-state index contributed by atoms with van der Waals surface area (Å²) < 4.78 is 3.87. The zero-order valence-electron chi connectivity index (χ0n) is 20.9. The molecule has 2 aliphatic carbocycles. The number of likely N-dealkylation sites (N-methyl/N-ethyl adjacent to an activating group) is 1. The highest BCUT2D eigenvalue weighted by Gasteiger charge is 2.26. The number of fused-ring (bicyclic) bond motifs is 1. The lowest BCUT2D eigenvalue weighted by Gasteiger charge is -2.23. The highest BCUT2D eigenvalue weighted by molar-refractivity contribution is 5.93. The van der Waals surface area contributed by atoms with E-state index in [1.54, 1.807) is 17.1 Å². The van der Waals surface area contributed by atoms with Crippen molar-refractivity contribution in [3.8, 4) is 12.8 Å². The molecule has 0 saturated heterocycles. The molecular formula is C29H32N6O. The summed E-state index contributed by atoms with van der Waals surface area (Å²) >= 11 is 0. The first-order chi connectivity index (χ1) is 17.5. The van der Waals surface area contributed by atoms with Crippen molar-refractivity contribution >= 4 is 11.6 Å². The minimum absolute atomic E-state index is 0.115. The zero-order chi connectivity index (χ0) is 25.2. The van der Waals surface area contributed by atoms with Gasteiger partial charge in [0.2, 0.25) is 0 Å². The average molecular weight is 481 g/mol. The van der Waals surface area contributed by atoms with Gasteiger partial charge in [0.05, 0.1) is 24.0 Å². The Balaban J connectivity index is 0.00000130. The van der Waals surface area contributed by atoms with Crippen LogP contribution in [0.3, 0.4) is 0 Å². The van der Waals surface area contributed by atoms with E-state index in [-0.39, 0.29) is 5.91 Å². The Labute approximate surface area is 212 Å². The van der Waals surface area contributed by atoms with Crippen LogP contribution in [0.5, 0.6) is 0 Å². The van der Waals surface area contributed by atoms with Crippen LogP contribution in [0, 0.1) is 18.8 Å². The van der Waals surface area contributed by atoms with E-state index in [1.165, 1.54) is 36.8 Å². The number of nitrogens with zero attached hydrogens (tertiary/aromatic N) is 5. The van der Waals surface area contributed by atoms with E-state index in [4.69, 9.17) is 4.98 Å². The van der Waals surface area contributed by atoms with Gasteiger partial charge in [-0.25, -0.2) is 4.98 Å². The molecule has 36 heavy (non-hydrogen) atoms. The summed E-state index contributed by atoms with van der Waals surface area (Å²) in [7, 11) is 2.05. The monoisotopic (exact) mass is 480 g/mol. The fraction of sp³-hybridized carbons (Fsp3) is 0.345. The molecule has 3 aliphatic rings. The lowest BCUT2D eigenvalue weighted by molar-refractivity contribution is 0.0956. The van der Waals surface area contributed by atoms with Gasteiger partial charge in [-0.15, -0.1) is 12.8 Å². The molecule has 0 unspecified atom stereocenters. The SMILES string of the molecule is C#C.C/C(CNC(=O)c1cnn(Cc2cn3cc(C4CC4)ccc3n2)c1)=C1/C=C(C2CC2)C=CN1C. The third kappa shape index (κ3) is 5.13. The van der Waals surface area contributed by atoms with Crippen LogP contribution < -0.4 is 5.32 Å². The molecule has 7 nitrogen and oxygen atoms in total. The normalized spacial score (nSPS) is 18.4. The number of nitrogens with one attached hydrogen (secondary N) is 1. The van der Waals surface area contributed by atoms with Gasteiger partial charge in [0.25, 0.3) is 5.91 Å². The van der Waals surface area contributed by atoms with Crippen molar-refractivity contribution in [2.24, 2.45) is 5.92 Å². The Morgan fingerprint density at radius 1 is 1.11 bits per heavy atom. The zero-order valence-corrected chi connectivity index (χ0v) is 20.9. The molecule has 1 amide bonds. The summed E-state index contributed by atoms with van der Waals surface area (Å²) in [6.07, 6.45) is 27.4. The van der Waals surface area contributed by atoms with Crippen LogP contribution in [0.2, 0.25) is 0 Å². The van der Waals surface area contributed by atoms with E-state index in [0.717, 1.165) is 22.6 Å². The number of terminal acetylenes is 1. The van der Waals surface area contributed by atoms with Gasteiger partial charge in [-0.2, -0.15) is 5.10 Å². The second-order valence-corrected chi connectivity index (χ2v) is 9.85. The number of hydrogen-bond acceptors (Lipinski definition) is 4. The highest BCUT2D eigenvalue weighted by Crippen LogP contribution is 2.40. The topological polar surface area (TPSA) is 67.5 Å². The molecule has 7 heteroatoms. The van der Waals surface area contributed by atoms with E-state index < -0.39 is 0 Å². The first kappa shape index (κ1) is 23.7. The number of imidazole rings is 1. The van der Waals surface area contributed by atoms with Gasteiger partial charge in [0.15, 0.2) is 0 Å². The quantitative estimate of drug-likeness (QED) is 0.506. The van der Waals surface area contributed by atoms with Crippen LogP contribution in [0.25, 0.3) is 5.65 Å². The summed E-state index contributed by atoms with van der Waals surface area (Å²) in [5, 5.41) is 7.44. The molecule has 184 valence electrons. The van der Waals surface area contributed by atoms with Crippen molar-refractivity contribution < 1.29 is 4.79 Å². The molecule has 4 heterocycles. The predicted molar refractivity (Wildman–Crippen MR) is 141 cm³/mol. The summed E-state index contributed by atoms with van der Waals surface area (Å²) in [5.41, 5.74) is 7.51. The molecule has 1 N–H and O–H groups in total. The number of carbonyl (C=O) groups excluding carboxylic acids is 1. The molecule has 3 aromatic rings. The Hall–Kier alpha value is -4.05. The minimum atomic E-state index is -0.115. The molecular weight excluding hydrogens is 448 g/mol. The van der Waals surface area contributed by atoms with E-state index in [2.05, 4.69) is 82.4 Å². The van der Waals surface area contributed by atoms with Gasteiger partial charge >= 0.3 is 0 Å². The summed E-state index contributed by atoms with van der Waals surface area (Å²) in [6.45, 7) is 3.11. The minimum Gasteiger partial charge on any atom is -0.351 e. The third-order valence-electron chi connectivity index (χ3n) is 6.97. The van der Waals surface area contributed by atoms with Crippen molar-refractivity contribution in [2.45, 2.75) is 45.1 Å². The van der Waals surface area contributed by atoms with E-state index in [9.17, 15) is 4.79 Å². The number of aromatic nitrogens is 4. The maximum atomic E-state index is 12.8. The standard InChI is InChI=1S/C27H30N6O.C2H2/c1-18(25-11-21(19-3-4-19)9-10-31(25)2)12-28-27(34)23-13-29-33(15-23)17-24-16-32-14-22(20-5-6-20)7-8-26(32)30-24;1-2/h7-11,13-16,19-20H,3-6,12,17H2,1-2H3,(H,28,34);1-2H/b25-18+;. The molecule has 2 fully saturated rings. The lowest BCUT2D eigenvalue weighted by atomic mass is 10.0. The Morgan fingerprint density at radius 2 is 1.89 bits per heavy atom. The maximum absolute atomic E-state index is 12.8. The summed E-state index contributed by atoms with van der Waals surface area (Å²) in [5.74, 6) is 1.31. The number of allylic oxidation sites excluding steroid dienone is 3. The molecule has 0 aromatic carbocycles. The van der Waals surface area contributed by atoms with Crippen LogP contribution in [0.1, 0.15) is 60.1 Å². The Kier molecular flexibility index (Phi) is 6.51. The van der Waals surface area contributed by atoms with Crippen molar-refractivity contribution in [2.75, 3.05) is 13.6 Å². The summed E-state index contributed by atoms with van der Waals surface area (Å²) in [6, 6.07) is 4.26. The Bertz CT molecular complexity index is 1390. The van der Waals surface area contributed by atoms with Crippen LogP contribution >= 0.6 is 0 Å². The van der Waals surface area contributed by atoms with Crippen LogP contribution in [-0.4, -0.2) is 43.6 Å². The van der Waals surface area contributed by atoms with Gasteiger partial charge in [-0.1, -0.05) is 6.07 Å². The number of rotatable bonds is 7. The fourth-order valence-corrected chi connectivity index (χ4v) is 4.62. The Morgan fingerprint density at radius 3 is 2.64 bits per heavy atom. The molecule has 6 rings (SSSR count). The number of amides is 1. The molecule has 1 aliphatic heterocycles. The van der Waals surface area contributed by atoms with Crippen LogP contribution in [0.4, 0.5) is 0 Å². The predicted octanol–water partition coefficient (Wildman–Crippen LogP) is 4.51. The van der Waals surface area contributed by atoms with Gasteiger partial charge in [-0.05, 0) is 79.4 Å². The molecule has 0 atom stereocenters. The van der Waals surface area contributed by atoms with Crippen molar-refractivity contribution in [1.29, 1.82) is 0 Å². The highest BCUT2D eigenvalue weighted by atomic mass is 16.1. The number of pyridine rings is 1. The lowest BCUT2D eigenvalue weighted by Crippen LogP contribution is -2.27. The van der Waals surface area contributed by atoms with E-state index >= 15 is 0 Å². The van der Waals surface area contributed by atoms with E-state index in [0.29, 0.717) is 30.5 Å². The third-order valence-corrected chi connectivity index (χ3v) is 6.97. The molecule has 2 saturated carbocycles. The molecule has 0 spiro atoms. The van der Waals surface area contributed by atoms with Crippen molar-refractivity contribution in [1.82, 2.24) is 29.4 Å².